The van der Waals surface area contributed by atoms with Gasteiger partial charge in [-0.2, -0.15) is 8.42 Å². The van der Waals surface area contributed by atoms with E-state index in [2.05, 4.69) is 15.0 Å². The average molecular weight is 326 g/mol. The zero-order chi connectivity index (χ0) is 16.3. The normalized spacial score (nSPS) is 11.4. The van der Waals surface area contributed by atoms with Crippen LogP contribution < -0.4 is 4.72 Å². The number of rotatable bonds is 6. The Morgan fingerprint density at radius 1 is 1.41 bits per heavy atom. The first-order valence-electron chi connectivity index (χ1n) is 6.55. The number of Topliss-reactive ketones (excluding diaryl/α,β-unsaturated/α-hetero) is 1. The molecule has 0 aliphatic heterocycles. The van der Waals surface area contributed by atoms with Crippen LogP contribution in [-0.4, -0.2) is 29.2 Å². The number of benzene rings is 1. The molecule has 22 heavy (non-hydrogen) atoms. The first kappa shape index (κ1) is 16.1. The summed E-state index contributed by atoms with van der Waals surface area (Å²) < 4.78 is 41.4. The molecule has 0 aliphatic rings. The van der Waals surface area contributed by atoms with Crippen LogP contribution in [0.3, 0.4) is 0 Å². The molecule has 0 radical (unpaired) electrons. The number of halogens is 1. The molecule has 0 bridgehead atoms. The lowest BCUT2D eigenvalue weighted by atomic mass is 10.1. The Bertz CT molecular complexity index is 801. The Kier molecular flexibility index (Phi) is 4.55. The summed E-state index contributed by atoms with van der Waals surface area (Å²) in [6, 6.07) is 3.48. The molecule has 9 heteroatoms. The van der Waals surface area contributed by atoms with Crippen molar-refractivity contribution < 1.29 is 17.6 Å². The molecule has 0 unspecified atom stereocenters. The van der Waals surface area contributed by atoms with Crippen LogP contribution in [0.2, 0.25) is 0 Å². The summed E-state index contributed by atoms with van der Waals surface area (Å²) in [5.41, 5.74) is -0.0484. The lowest BCUT2D eigenvalue weighted by Crippen LogP contribution is -2.14. The number of anilines is 1. The molecule has 1 aromatic heterocycles. The molecule has 0 aliphatic carbocycles. The Hall–Kier alpha value is -2.29. The maximum atomic E-state index is 13.7. The van der Waals surface area contributed by atoms with Gasteiger partial charge in [0.2, 0.25) is 5.03 Å². The van der Waals surface area contributed by atoms with Crippen LogP contribution in [0.25, 0.3) is 0 Å². The number of hydrogen-bond donors (Lipinski definition) is 1. The van der Waals surface area contributed by atoms with Crippen molar-refractivity contribution in [2.24, 2.45) is 7.05 Å². The third kappa shape index (κ3) is 3.48. The van der Waals surface area contributed by atoms with Gasteiger partial charge in [-0.1, -0.05) is 12.1 Å². The quantitative estimate of drug-likeness (QED) is 0.816. The molecule has 7 nitrogen and oxygen atoms in total. The molecule has 118 valence electrons. The molecular formula is C13H15FN4O3S. The predicted molar refractivity (Wildman–Crippen MR) is 77.5 cm³/mol. The molecule has 0 saturated heterocycles. The smallest absolute Gasteiger partial charge is 0.282 e. The maximum Gasteiger partial charge on any atom is 0.282 e. The van der Waals surface area contributed by atoms with Crippen molar-refractivity contribution in [3.05, 3.63) is 35.8 Å². The molecule has 0 saturated carbocycles. The Morgan fingerprint density at radius 2 is 2.14 bits per heavy atom. The van der Waals surface area contributed by atoms with E-state index in [-0.39, 0.29) is 28.5 Å². The predicted octanol–water partition coefficient (Wildman–Crippen LogP) is 1.74. The maximum absolute atomic E-state index is 13.7. The third-order valence-electron chi connectivity index (χ3n) is 2.85. The number of ketones is 1. The van der Waals surface area contributed by atoms with Gasteiger partial charge >= 0.3 is 0 Å². The van der Waals surface area contributed by atoms with E-state index in [0.717, 1.165) is 6.07 Å². The van der Waals surface area contributed by atoms with Gasteiger partial charge in [0.1, 0.15) is 5.82 Å². The highest BCUT2D eigenvalue weighted by Crippen LogP contribution is 2.19. The first-order valence-corrected chi connectivity index (χ1v) is 8.03. The number of sulfonamides is 1. The van der Waals surface area contributed by atoms with E-state index in [1.807, 2.05) is 0 Å². The van der Waals surface area contributed by atoms with Crippen molar-refractivity contribution >= 4 is 21.5 Å². The van der Waals surface area contributed by atoms with Gasteiger partial charge in [0.05, 0.1) is 11.8 Å². The van der Waals surface area contributed by atoms with Crippen molar-refractivity contribution in [1.82, 2.24) is 15.0 Å². The molecule has 0 amide bonds. The Balaban J connectivity index is 2.30. The van der Waals surface area contributed by atoms with Crippen LogP contribution in [0.4, 0.5) is 10.1 Å². The van der Waals surface area contributed by atoms with Crippen LogP contribution >= 0.6 is 0 Å². The lowest BCUT2D eigenvalue weighted by Gasteiger charge is -2.08. The van der Waals surface area contributed by atoms with Gasteiger partial charge in [-0.15, -0.1) is 5.10 Å². The van der Waals surface area contributed by atoms with E-state index < -0.39 is 15.8 Å². The number of hydrogen-bond acceptors (Lipinski definition) is 5. The first-order chi connectivity index (χ1) is 10.3. The van der Waals surface area contributed by atoms with Crippen LogP contribution in [-0.2, 0) is 17.1 Å². The minimum Gasteiger partial charge on any atom is -0.294 e. The second-order valence-electron chi connectivity index (χ2n) is 4.70. The van der Waals surface area contributed by atoms with Crippen molar-refractivity contribution in [2.45, 2.75) is 24.8 Å². The fraction of sp³-hybridized carbons (Fsp3) is 0.308. The Labute approximate surface area is 127 Å². The number of carbonyl (C=O) groups excluding carboxylic acids is 1. The monoisotopic (exact) mass is 326 g/mol. The number of aryl methyl sites for hydroxylation is 1. The van der Waals surface area contributed by atoms with E-state index in [1.165, 1.54) is 30.1 Å². The van der Waals surface area contributed by atoms with Crippen molar-refractivity contribution in [2.75, 3.05) is 4.72 Å². The van der Waals surface area contributed by atoms with Crippen LogP contribution in [0, 0.1) is 5.82 Å². The molecule has 0 fully saturated rings. The highest BCUT2D eigenvalue weighted by molar-refractivity contribution is 7.92. The van der Waals surface area contributed by atoms with Crippen molar-refractivity contribution in [1.29, 1.82) is 0 Å². The summed E-state index contributed by atoms with van der Waals surface area (Å²) >= 11 is 0. The van der Waals surface area contributed by atoms with Gasteiger partial charge < -0.3 is 0 Å². The summed E-state index contributed by atoms with van der Waals surface area (Å²) in [6.07, 6.45) is 2.00. The lowest BCUT2D eigenvalue weighted by molar-refractivity contribution is 0.0978. The molecule has 1 heterocycles. The largest absolute Gasteiger partial charge is 0.294 e. The SMILES string of the molecule is CCCC(=O)c1cc(NS(=O)(=O)c2cn(C)nn2)ccc1F. The van der Waals surface area contributed by atoms with E-state index in [1.54, 1.807) is 6.92 Å². The number of carbonyl (C=O) groups is 1. The molecular weight excluding hydrogens is 311 g/mol. The number of aromatic nitrogens is 3. The number of nitrogens with one attached hydrogen (secondary N) is 1. The van der Waals surface area contributed by atoms with Gasteiger partial charge in [-0.05, 0) is 24.6 Å². The van der Waals surface area contributed by atoms with Crippen molar-refractivity contribution in [3.8, 4) is 0 Å². The number of nitrogens with zero attached hydrogens (tertiary/aromatic N) is 3. The van der Waals surface area contributed by atoms with Crippen molar-refractivity contribution in [3.63, 3.8) is 0 Å². The zero-order valence-corrected chi connectivity index (χ0v) is 12.9. The molecule has 2 rings (SSSR count). The van der Waals surface area contributed by atoms with Gasteiger partial charge in [-0.25, -0.2) is 4.39 Å². The molecule has 1 N–H and O–H groups in total. The molecule has 0 spiro atoms. The average Bonchev–Trinajstić information content (AvgIpc) is 2.88. The molecule has 2 aromatic rings. The minimum absolute atomic E-state index is 0.0894. The van der Waals surface area contributed by atoms with Gasteiger partial charge in [0.15, 0.2) is 5.78 Å². The Morgan fingerprint density at radius 3 is 2.73 bits per heavy atom. The van der Waals surface area contributed by atoms with E-state index in [0.29, 0.717) is 6.42 Å². The van der Waals surface area contributed by atoms with Crippen LogP contribution in [0.5, 0.6) is 0 Å². The van der Waals surface area contributed by atoms with Gasteiger partial charge in [0.25, 0.3) is 10.0 Å². The second kappa shape index (κ2) is 6.22. The summed E-state index contributed by atoms with van der Waals surface area (Å²) in [4.78, 5) is 11.8. The van der Waals surface area contributed by atoms with Crippen LogP contribution in [0.1, 0.15) is 30.1 Å². The van der Waals surface area contributed by atoms with Gasteiger partial charge in [0, 0.05) is 19.2 Å². The van der Waals surface area contributed by atoms with Crippen LogP contribution in [0.15, 0.2) is 29.4 Å². The third-order valence-corrected chi connectivity index (χ3v) is 4.10. The second-order valence-corrected chi connectivity index (χ2v) is 6.33. The zero-order valence-electron chi connectivity index (χ0n) is 12.1. The molecule has 1 aromatic carbocycles. The standard InChI is InChI=1S/C13H15FN4O3S/c1-3-4-12(19)10-7-9(5-6-11(10)14)16-22(20,21)13-8-18(2)17-15-13/h5-8,16H,3-4H2,1-2H3. The highest BCUT2D eigenvalue weighted by Gasteiger charge is 2.19. The summed E-state index contributed by atoms with van der Waals surface area (Å²) in [5, 5.41) is 6.79. The van der Waals surface area contributed by atoms with Gasteiger partial charge in [-0.3, -0.25) is 14.2 Å². The minimum atomic E-state index is -3.94. The van der Waals surface area contributed by atoms with E-state index in [9.17, 15) is 17.6 Å². The molecule has 0 atom stereocenters. The fourth-order valence-corrected chi connectivity index (χ4v) is 2.80. The summed E-state index contributed by atoms with van der Waals surface area (Å²) in [6.45, 7) is 1.80. The van der Waals surface area contributed by atoms with E-state index in [4.69, 9.17) is 0 Å². The summed E-state index contributed by atoms with van der Waals surface area (Å²) in [7, 11) is -2.41. The topological polar surface area (TPSA) is 94.0 Å². The van der Waals surface area contributed by atoms with E-state index >= 15 is 0 Å². The highest BCUT2D eigenvalue weighted by atomic mass is 32.2. The fourth-order valence-electron chi connectivity index (χ4n) is 1.82. The summed E-state index contributed by atoms with van der Waals surface area (Å²) in [5.74, 6) is -1.05.